The van der Waals surface area contributed by atoms with Gasteiger partial charge in [-0.15, -0.1) is 11.8 Å². The summed E-state index contributed by atoms with van der Waals surface area (Å²) in [5.41, 5.74) is 2.34. The van der Waals surface area contributed by atoms with Crippen LogP contribution >= 0.6 is 23.4 Å². The van der Waals surface area contributed by atoms with Crippen molar-refractivity contribution in [1.29, 1.82) is 0 Å². The van der Waals surface area contributed by atoms with Gasteiger partial charge < -0.3 is 10.2 Å². The van der Waals surface area contributed by atoms with Crippen LogP contribution in [-0.2, 0) is 28.3 Å². The summed E-state index contributed by atoms with van der Waals surface area (Å²) in [6.07, 6.45) is 0.336. The number of rotatable bonds is 10. The fourth-order valence-corrected chi connectivity index (χ4v) is 4.45. The Morgan fingerprint density at radius 1 is 0.970 bits per heavy atom. The van der Waals surface area contributed by atoms with E-state index in [1.807, 2.05) is 54.6 Å². The molecule has 0 aliphatic heterocycles. The maximum Gasteiger partial charge on any atom is 0.242 e. The normalized spacial score (nSPS) is 11.6. The lowest BCUT2D eigenvalue weighted by Crippen LogP contribution is -2.50. The first-order valence-electron chi connectivity index (χ1n) is 10.6. The predicted octanol–water partition coefficient (Wildman–Crippen LogP) is 5.10. The minimum atomic E-state index is -0.763. The molecule has 0 fully saturated rings. The number of hydrogen-bond donors (Lipinski definition) is 1. The highest BCUT2D eigenvalue weighted by atomic mass is 35.5. The van der Waals surface area contributed by atoms with Crippen LogP contribution in [0.2, 0.25) is 5.02 Å². The maximum absolute atomic E-state index is 14.4. The van der Waals surface area contributed by atoms with Crippen LogP contribution in [0.15, 0.2) is 78.9 Å². The second-order valence-corrected chi connectivity index (χ2v) is 8.97. The van der Waals surface area contributed by atoms with Crippen molar-refractivity contribution in [2.45, 2.75) is 24.8 Å². The first-order chi connectivity index (χ1) is 16.0. The fourth-order valence-electron chi connectivity index (χ4n) is 3.45. The molecule has 3 aromatic carbocycles. The molecule has 0 unspecified atom stereocenters. The predicted molar refractivity (Wildman–Crippen MR) is 133 cm³/mol. The zero-order chi connectivity index (χ0) is 23.6. The van der Waals surface area contributed by atoms with Crippen molar-refractivity contribution in [1.82, 2.24) is 10.2 Å². The molecule has 1 N–H and O–H groups in total. The molecule has 3 aromatic rings. The van der Waals surface area contributed by atoms with Crippen molar-refractivity contribution >= 4 is 35.2 Å². The average Bonchev–Trinajstić information content (AvgIpc) is 2.83. The van der Waals surface area contributed by atoms with Crippen molar-refractivity contribution in [3.8, 4) is 0 Å². The summed E-state index contributed by atoms with van der Waals surface area (Å²) < 4.78 is 14.4. The summed E-state index contributed by atoms with van der Waals surface area (Å²) in [6, 6.07) is 22.5. The molecule has 0 spiro atoms. The summed E-state index contributed by atoms with van der Waals surface area (Å²) in [5, 5.41) is 3.32. The zero-order valence-electron chi connectivity index (χ0n) is 18.3. The molecule has 3 rings (SSSR count). The third-order valence-electron chi connectivity index (χ3n) is 5.22. The Morgan fingerprint density at radius 3 is 2.30 bits per heavy atom. The van der Waals surface area contributed by atoms with Crippen molar-refractivity contribution in [2.24, 2.45) is 0 Å². The van der Waals surface area contributed by atoms with Gasteiger partial charge in [0.2, 0.25) is 11.8 Å². The van der Waals surface area contributed by atoms with E-state index in [0.29, 0.717) is 22.8 Å². The van der Waals surface area contributed by atoms with Crippen LogP contribution in [-0.4, -0.2) is 35.6 Å². The molecule has 0 heterocycles. The van der Waals surface area contributed by atoms with Crippen LogP contribution in [0.5, 0.6) is 0 Å². The number of halogens is 2. The minimum Gasteiger partial charge on any atom is -0.357 e. The second kappa shape index (κ2) is 12.4. The zero-order valence-corrected chi connectivity index (χ0v) is 19.9. The standard InChI is InChI=1S/C26H26ClFN2O2S/c1-29-26(32)24(15-19-7-3-2-4-8-19)30(16-21-9-5-6-10-23(21)28)25(31)18-33-17-20-11-13-22(27)14-12-20/h2-14,24H,15-18H2,1H3,(H,29,32)/t24-/m0/s1. The molecule has 4 nitrogen and oxygen atoms in total. The molecule has 0 saturated heterocycles. The van der Waals surface area contributed by atoms with Crippen LogP contribution in [0.1, 0.15) is 16.7 Å². The largest absolute Gasteiger partial charge is 0.357 e. The van der Waals surface area contributed by atoms with Gasteiger partial charge in [-0.3, -0.25) is 9.59 Å². The van der Waals surface area contributed by atoms with Crippen molar-refractivity contribution in [3.05, 3.63) is 106 Å². The van der Waals surface area contributed by atoms with Gasteiger partial charge in [0, 0.05) is 36.4 Å². The molecule has 0 aliphatic carbocycles. The summed E-state index contributed by atoms with van der Waals surface area (Å²) in [5.74, 6) is -0.119. The Labute approximate surface area is 203 Å². The van der Waals surface area contributed by atoms with Gasteiger partial charge in [-0.1, -0.05) is 72.3 Å². The Morgan fingerprint density at radius 2 is 1.64 bits per heavy atom. The van der Waals surface area contributed by atoms with E-state index >= 15 is 0 Å². The highest BCUT2D eigenvalue weighted by molar-refractivity contribution is 7.99. The number of thioether (sulfide) groups is 1. The van der Waals surface area contributed by atoms with Crippen LogP contribution < -0.4 is 5.32 Å². The Bertz CT molecular complexity index is 1060. The summed E-state index contributed by atoms with van der Waals surface area (Å²) in [6.45, 7) is 0.0118. The van der Waals surface area contributed by atoms with E-state index in [1.54, 1.807) is 25.2 Å². The number of nitrogens with zero attached hydrogens (tertiary/aromatic N) is 1. The summed E-state index contributed by atoms with van der Waals surface area (Å²) >= 11 is 7.38. The van der Waals surface area contributed by atoms with E-state index in [1.165, 1.54) is 22.7 Å². The molecule has 0 bridgehead atoms. The van der Waals surface area contributed by atoms with Gasteiger partial charge in [-0.2, -0.15) is 0 Å². The molecule has 0 radical (unpaired) electrons. The maximum atomic E-state index is 14.4. The quantitative estimate of drug-likeness (QED) is 0.435. The van der Waals surface area contributed by atoms with E-state index in [0.717, 1.165) is 11.1 Å². The minimum absolute atomic E-state index is 0.0118. The number of likely N-dealkylation sites (N-methyl/N-ethyl adjacent to an activating group) is 1. The fraction of sp³-hybridized carbons (Fsp3) is 0.231. The van der Waals surface area contributed by atoms with E-state index in [4.69, 9.17) is 11.6 Å². The van der Waals surface area contributed by atoms with Crippen molar-refractivity contribution in [3.63, 3.8) is 0 Å². The summed E-state index contributed by atoms with van der Waals surface area (Å²) in [4.78, 5) is 27.7. The Kier molecular flexibility index (Phi) is 9.34. The first-order valence-corrected chi connectivity index (χ1v) is 12.1. The molecule has 0 saturated carbocycles. The average molecular weight is 485 g/mol. The third kappa shape index (κ3) is 7.34. The lowest BCUT2D eigenvalue weighted by molar-refractivity contribution is -0.139. The van der Waals surface area contributed by atoms with E-state index in [9.17, 15) is 14.0 Å². The van der Waals surface area contributed by atoms with Gasteiger partial charge in [0.1, 0.15) is 11.9 Å². The summed E-state index contributed by atoms with van der Waals surface area (Å²) in [7, 11) is 1.54. The molecule has 2 amide bonds. The van der Waals surface area contributed by atoms with Crippen molar-refractivity contribution in [2.75, 3.05) is 12.8 Å². The van der Waals surface area contributed by atoms with Crippen molar-refractivity contribution < 1.29 is 14.0 Å². The molecular weight excluding hydrogens is 459 g/mol. The van der Waals surface area contributed by atoms with Gasteiger partial charge in [-0.05, 0) is 29.3 Å². The molecular formula is C26H26ClFN2O2S. The number of hydrogen-bond acceptors (Lipinski definition) is 3. The van der Waals surface area contributed by atoms with Gasteiger partial charge in [0.05, 0.1) is 5.75 Å². The molecule has 7 heteroatoms. The van der Waals surface area contributed by atoms with E-state index < -0.39 is 11.9 Å². The highest BCUT2D eigenvalue weighted by Gasteiger charge is 2.30. The molecule has 0 aliphatic rings. The van der Waals surface area contributed by atoms with Crippen LogP contribution in [0.3, 0.4) is 0 Å². The van der Waals surface area contributed by atoms with Gasteiger partial charge in [0.15, 0.2) is 0 Å². The molecule has 172 valence electrons. The second-order valence-electron chi connectivity index (χ2n) is 7.55. The number of amides is 2. The number of benzene rings is 3. The number of carbonyl (C=O) groups excluding carboxylic acids is 2. The van der Waals surface area contributed by atoms with Crippen LogP contribution in [0.25, 0.3) is 0 Å². The Balaban J connectivity index is 1.81. The van der Waals surface area contributed by atoms with E-state index in [-0.39, 0.29) is 24.1 Å². The smallest absolute Gasteiger partial charge is 0.242 e. The van der Waals surface area contributed by atoms with Gasteiger partial charge in [-0.25, -0.2) is 4.39 Å². The first kappa shape index (κ1) is 24.8. The monoisotopic (exact) mass is 484 g/mol. The lowest BCUT2D eigenvalue weighted by Gasteiger charge is -2.31. The third-order valence-corrected chi connectivity index (χ3v) is 6.46. The SMILES string of the molecule is CNC(=O)[C@H](Cc1ccccc1)N(Cc1ccccc1F)C(=O)CSCc1ccc(Cl)cc1. The molecule has 1 atom stereocenters. The van der Waals surface area contributed by atoms with Gasteiger partial charge in [0.25, 0.3) is 0 Å². The highest BCUT2D eigenvalue weighted by Crippen LogP contribution is 2.20. The van der Waals surface area contributed by atoms with Crippen LogP contribution in [0.4, 0.5) is 4.39 Å². The van der Waals surface area contributed by atoms with Gasteiger partial charge >= 0.3 is 0 Å². The number of carbonyl (C=O) groups is 2. The molecule has 0 aromatic heterocycles. The lowest BCUT2D eigenvalue weighted by atomic mass is 10.0. The van der Waals surface area contributed by atoms with Crippen LogP contribution in [0, 0.1) is 5.82 Å². The van der Waals surface area contributed by atoms with E-state index in [2.05, 4.69) is 5.32 Å². The molecule has 33 heavy (non-hydrogen) atoms. The topological polar surface area (TPSA) is 49.4 Å². The Hall–Kier alpha value is -2.83. The number of nitrogens with one attached hydrogen (secondary N) is 1.